The van der Waals surface area contributed by atoms with Crippen LogP contribution in [0.5, 0.6) is 5.75 Å². The molecule has 0 saturated heterocycles. The molecule has 1 aromatic heterocycles. The highest BCUT2D eigenvalue weighted by molar-refractivity contribution is 6.02. The van der Waals surface area contributed by atoms with E-state index in [1.54, 1.807) is 31.6 Å². The molecule has 34 heavy (non-hydrogen) atoms. The number of hydrogen-bond donors (Lipinski definition) is 1. The van der Waals surface area contributed by atoms with Crippen LogP contribution in [0.2, 0.25) is 0 Å². The molecular weight excluding hydrogens is 429 g/mol. The number of fused-ring (bicyclic) bond motifs is 1. The minimum atomic E-state index is -0.303. The molecule has 4 aromatic rings. The third-order valence-electron chi connectivity index (χ3n) is 6.07. The van der Waals surface area contributed by atoms with Crippen molar-refractivity contribution in [2.24, 2.45) is 0 Å². The number of methoxy groups -OCH3 is 1. The monoisotopic (exact) mass is 457 g/mol. The second kappa shape index (κ2) is 9.56. The predicted octanol–water partition coefficient (Wildman–Crippen LogP) is 6.89. The lowest BCUT2D eigenvalue weighted by atomic mass is 9.94. The Labute approximate surface area is 199 Å². The molecule has 0 bridgehead atoms. The smallest absolute Gasteiger partial charge is 0.244 e. The number of hydrogen-bond acceptors (Lipinski definition) is 3. The molecule has 0 fully saturated rings. The number of benzene rings is 3. The Morgan fingerprint density at radius 3 is 2.47 bits per heavy atom. The third kappa shape index (κ3) is 4.60. The van der Waals surface area contributed by atoms with E-state index in [4.69, 9.17) is 9.15 Å². The van der Waals surface area contributed by atoms with E-state index in [0.29, 0.717) is 12.3 Å². The van der Waals surface area contributed by atoms with E-state index in [1.165, 1.54) is 23.3 Å². The van der Waals surface area contributed by atoms with Crippen LogP contribution in [-0.4, -0.2) is 13.0 Å². The van der Waals surface area contributed by atoms with Crippen molar-refractivity contribution in [1.29, 1.82) is 0 Å². The van der Waals surface area contributed by atoms with Gasteiger partial charge in [-0.3, -0.25) is 4.79 Å². The zero-order valence-electron chi connectivity index (χ0n) is 20.1. The summed E-state index contributed by atoms with van der Waals surface area (Å²) < 4.78 is 24.8. The van der Waals surface area contributed by atoms with Gasteiger partial charge >= 0.3 is 0 Å². The number of amides is 1. The van der Waals surface area contributed by atoms with Gasteiger partial charge in [0.25, 0.3) is 0 Å². The van der Waals surface area contributed by atoms with Crippen molar-refractivity contribution in [3.05, 3.63) is 94.5 Å². The van der Waals surface area contributed by atoms with Crippen LogP contribution in [0.25, 0.3) is 27.7 Å². The second-order valence-electron chi connectivity index (χ2n) is 8.60. The summed E-state index contributed by atoms with van der Waals surface area (Å²) in [5, 5.41) is 3.83. The summed E-state index contributed by atoms with van der Waals surface area (Å²) >= 11 is 0. The first-order valence-electron chi connectivity index (χ1n) is 11.2. The lowest BCUT2D eigenvalue weighted by molar-refractivity contribution is -0.116. The summed E-state index contributed by atoms with van der Waals surface area (Å²) in [6, 6.07) is 14.4. The summed E-state index contributed by atoms with van der Waals surface area (Å²) in [7, 11) is 1.62. The van der Waals surface area contributed by atoms with Crippen LogP contribution in [0.3, 0.4) is 0 Å². The number of aryl methyl sites for hydroxylation is 3. The number of ether oxygens (including phenoxy) is 1. The molecule has 4 rings (SSSR count). The zero-order chi connectivity index (χ0) is 24.4. The first-order valence-corrected chi connectivity index (χ1v) is 11.2. The van der Waals surface area contributed by atoms with Crippen molar-refractivity contribution >= 4 is 22.4 Å². The Balaban J connectivity index is 1.70. The molecule has 1 heterocycles. The van der Waals surface area contributed by atoms with E-state index in [1.807, 2.05) is 19.9 Å². The molecule has 0 unspecified atom stereocenters. The van der Waals surface area contributed by atoms with E-state index in [9.17, 15) is 9.18 Å². The molecule has 0 atom stereocenters. The second-order valence-corrected chi connectivity index (χ2v) is 8.60. The Morgan fingerprint density at radius 1 is 1.06 bits per heavy atom. The number of allylic oxidation sites excluding steroid dienone is 1. The minimum absolute atomic E-state index is 0.233. The summed E-state index contributed by atoms with van der Waals surface area (Å²) in [5.41, 5.74) is 8.57. The van der Waals surface area contributed by atoms with Gasteiger partial charge in [-0.1, -0.05) is 35.9 Å². The SMILES string of the molecule is COc1c(/C(C)=C/C(=O)NCc2ccc(F)cc2)cc2c(-c3ccc(C)cc3C)coc2c1C. The third-order valence-corrected chi connectivity index (χ3v) is 6.07. The Hall–Kier alpha value is -3.86. The summed E-state index contributed by atoms with van der Waals surface area (Å²) in [5.74, 6) is 0.139. The number of carbonyl (C=O) groups excluding carboxylic acids is 1. The standard InChI is InChI=1S/C29H28FNO3/c1-17-6-11-23(18(2)12-17)26-16-34-29-20(4)28(33-5)24(14-25(26)29)19(3)13-27(32)31-15-21-7-9-22(30)10-8-21/h6-14,16H,15H2,1-5H3,(H,31,32)/b19-13+. The first-order chi connectivity index (χ1) is 16.3. The predicted molar refractivity (Wildman–Crippen MR) is 134 cm³/mol. The molecule has 0 saturated carbocycles. The largest absolute Gasteiger partial charge is 0.496 e. The maximum Gasteiger partial charge on any atom is 0.244 e. The number of furan rings is 1. The van der Waals surface area contributed by atoms with E-state index in [-0.39, 0.29) is 11.7 Å². The van der Waals surface area contributed by atoms with Gasteiger partial charge in [-0.2, -0.15) is 0 Å². The van der Waals surface area contributed by atoms with Gasteiger partial charge in [-0.05, 0) is 68.2 Å². The minimum Gasteiger partial charge on any atom is -0.496 e. The molecule has 0 aliphatic carbocycles. The van der Waals surface area contributed by atoms with Gasteiger partial charge < -0.3 is 14.5 Å². The van der Waals surface area contributed by atoms with Crippen molar-refractivity contribution in [2.75, 3.05) is 7.11 Å². The van der Waals surface area contributed by atoms with E-state index >= 15 is 0 Å². The van der Waals surface area contributed by atoms with Crippen LogP contribution in [-0.2, 0) is 11.3 Å². The fraction of sp³-hybridized carbons (Fsp3) is 0.207. The van der Waals surface area contributed by atoms with Crippen molar-refractivity contribution in [1.82, 2.24) is 5.32 Å². The van der Waals surface area contributed by atoms with Gasteiger partial charge in [0.1, 0.15) is 17.1 Å². The van der Waals surface area contributed by atoms with E-state index in [2.05, 4.69) is 37.4 Å². The molecule has 0 spiro atoms. The van der Waals surface area contributed by atoms with Crippen molar-refractivity contribution in [3.8, 4) is 16.9 Å². The van der Waals surface area contributed by atoms with Gasteiger partial charge in [-0.15, -0.1) is 0 Å². The van der Waals surface area contributed by atoms with Crippen LogP contribution in [0.15, 0.2) is 65.3 Å². The summed E-state index contributed by atoms with van der Waals surface area (Å²) in [4.78, 5) is 12.6. The van der Waals surface area contributed by atoms with Gasteiger partial charge in [0, 0.05) is 34.7 Å². The maximum atomic E-state index is 13.1. The Bertz CT molecular complexity index is 1400. The first kappa shape index (κ1) is 23.3. The average molecular weight is 458 g/mol. The molecule has 5 heteroatoms. The molecule has 1 amide bonds. The van der Waals surface area contributed by atoms with Crippen molar-refractivity contribution in [2.45, 2.75) is 34.2 Å². The van der Waals surface area contributed by atoms with E-state index < -0.39 is 0 Å². The zero-order valence-corrected chi connectivity index (χ0v) is 20.1. The number of carbonyl (C=O) groups is 1. The molecule has 0 radical (unpaired) electrons. The average Bonchev–Trinajstić information content (AvgIpc) is 3.22. The van der Waals surface area contributed by atoms with Crippen LogP contribution >= 0.6 is 0 Å². The summed E-state index contributed by atoms with van der Waals surface area (Å²) in [6.45, 7) is 8.33. The topological polar surface area (TPSA) is 51.5 Å². The van der Waals surface area contributed by atoms with Crippen LogP contribution < -0.4 is 10.1 Å². The van der Waals surface area contributed by atoms with E-state index in [0.717, 1.165) is 44.4 Å². The number of nitrogens with one attached hydrogen (secondary N) is 1. The number of halogens is 1. The molecular formula is C29H28FNO3. The quantitative estimate of drug-likeness (QED) is 0.321. The van der Waals surface area contributed by atoms with Gasteiger partial charge in [0.2, 0.25) is 5.91 Å². The fourth-order valence-corrected chi connectivity index (χ4v) is 4.31. The van der Waals surface area contributed by atoms with Crippen LogP contribution in [0, 0.1) is 26.6 Å². The highest BCUT2D eigenvalue weighted by atomic mass is 19.1. The Morgan fingerprint density at radius 2 is 1.79 bits per heavy atom. The Kier molecular flexibility index (Phi) is 6.55. The maximum absolute atomic E-state index is 13.1. The van der Waals surface area contributed by atoms with Gasteiger partial charge in [0.15, 0.2) is 0 Å². The van der Waals surface area contributed by atoms with Crippen LogP contribution in [0.4, 0.5) is 4.39 Å². The molecule has 3 aromatic carbocycles. The summed E-state index contributed by atoms with van der Waals surface area (Å²) in [6.07, 6.45) is 3.34. The highest BCUT2D eigenvalue weighted by Crippen LogP contribution is 2.41. The molecule has 0 aliphatic rings. The lowest BCUT2D eigenvalue weighted by Crippen LogP contribution is -2.20. The normalized spacial score (nSPS) is 11.6. The van der Waals surface area contributed by atoms with Crippen molar-refractivity contribution in [3.63, 3.8) is 0 Å². The molecule has 0 aliphatic heterocycles. The van der Waals surface area contributed by atoms with Gasteiger partial charge in [0.05, 0.1) is 13.4 Å². The fourth-order valence-electron chi connectivity index (χ4n) is 4.31. The van der Waals surface area contributed by atoms with Crippen LogP contribution in [0.1, 0.15) is 34.7 Å². The van der Waals surface area contributed by atoms with Gasteiger partial charge in [-0.25, -0.2) is 4.39 Å². The molecule has 174 valence electrons. The lowest BCUT2D eigenvalue weighted by Gasteiger charge is -2.14. The molecule has 1 N–H and O–H groups in total. The number of rotatable bonds is 6. The molecule has 4 nitrogen and oxygen atoms in total. The highest BCUT2D eigenvalue weighted by Gasteiger charge is 2.19. The van der Waals surface area contributed by atoms with Crippen molar-refractivity contribution < 1.29 is 18.3 Å².